The standard InChI is InChI=1S/C12H18N4O3/c1-3-4-8-13-9(15-14-8)10(17)16-6-5-12(2,7-16)11(18)19/h3-7H2,1-2H3,(H,18,19)(H,13,14,15). The van der Waals surface area contributed by atoms with Gasteiger partial charge in [-0.2, -0.15) is 0 Å². The van der Waals surface area contributed by atoms with Gasteiger partial charge in [0.15, 0.2) is 0 Å². The molecule has 1 atom stereocenters. The summed E-state index contributed by atoms with van der Waals surface area (Å²) in [4.78, 5) is 28.9. The minimum Gasteiger partial charge on any atom is -0.481 e. The number of aryl methyl sites for hydroxylation is 1. The highest BCUT2D eigenvalue weighted by molar-refractivity contribution is 5.91. The number of hydrogen-bond acceptors (Lipinski definition) is 4. The Bertz CT molecular complexity index is 499. The SMILES string of the molecule is CCCc1nc(C(=O)N2CCC(C)(C(=O)O)C2)n[nH]1. The van der Waals surface area contributed by atoms with Crippen LogP contribution in [0.3, 0.4) is 0 Å². The third-order valence-corrected chi connectivity index (χ3v) is 3.49. The molecule has 0 saturated carbocycles. The van der Waals surface area contributed by atoms with Crippen LogP contribution in [-0.2, 0) is 11.2 Å². The Morgan fingerprint density at radius 1 is 1.53 bits per heavy atom. The Morgan fingerprint density at radius 3 is 2.84 bits per heavy atom. The summed E-state index contributed by atoms with van der Waals surface area (Å²) in [5, 5.41) is 15.8. The zero-order valence-corrected chi connectivity index (χ0v) is 11.1. The van der Waals surface area contributed by atoms with Gasteiger partial charge in [0.05, 0.1) is 5.41 Å². The van der Waals surface area contributed by atoms with Crippen molar-refractivity contribution in [3.8, 4) is 0 Å². The molecule has 0 aliphatic carbocycles. The maximum absolute atomic E-state index is 12.2. The molecule has 19 heavy (non-hydrogen) atoms. The van der Waals surface area contributed by atoms with E-state index in [0.29, 0.717) is 18.8 Å². The molecule has 7 nitrogen and oxygen atoms in total. The lowest BCUT2D eigenvalue weighted by molar-refractivity contribution is -0.147. The quantitative estimate of drug-likeness (QED) is 0.835. The van der Waals surface area contributed by atoms with E-state index in [4.69, 9.17) is 5.11 Å². The van der Waals surface area contributed by atoms with Gasteiger partial charge in [0.25, 0.3) is 5.91 Å². The second-order valence-electron chi connectivity index (χ2n) is 5.20. The Kier molecular flexibility index (Phi) is 3.55. The number of rotatable bonds is 4. The van der Waals surface area contributed by atoms with Gasteiger partial charge in [0.1, 0.15) is 5.82 Å². The van der Waals surface area contributed by atoms with E-state index in [1.54, 1.807) is 6.92 Å². The van der Waals surface area contributed by atoms with Crippen molar-refractivity contribution >= 4 is 11.9 Å². The molecule has 0 spiro atoms. The Balaban J connectivity index is 2.06. The van der Waals surface area contributed by atoms with E-state index in [2.05, 4.69) is 15.2 Å². The first kappa shape index (κ1) is 13.5. The summed E-state index contributed by atoms with van der Waals surface area (Å²) in [6, 6.07) is 0. The van der Waals surface area contributed by atoms with E-state index in [1.165, 1.54) is 4.90 Å². The van der Waals surface area contributed by atoms with Crippen LogP contribution >= 0.6 is 0 Å². The molecule has 1 aromatic rings. The fourth-order valence-corrected chi connectivity index (χ4v) is 2.19. The third-order valence-electron chi connectivity index (χ3n) is 3.49. The number of H-pyrrole nitrogens is 1. The van der Waals surface area contributed by atoms with Gasteiger partial charge in [-0.1, -0.05) is 6.92 Å². The van der Waals surface area contributed by atoms with Crippen molar-refractivity contribution in [1.82, 2.24) is 20.1 Å². The molecule has 7 heteroatoms. The van der Waals surface area contributed by atoms with Crippen LogP contribution in [0.2, 0.25) is 0 Å². The minimum atomic E-state index is -0.871. The minimum absolute atomic E-state index is 0.123. The first-order valence-electron chi connectivity index (χ1n) is 6.40. The van der Waals surface area contributed by atoms with Crippen molar-refractivity contribution < 1.29 is 14.7 Å². The van der Waals surface area contributed by atoms with Gasteiger partial charge in [-0.05, 0) is 19.8 Å². The first-order chi connectivity index (χ1) is 8.96. The van der Waals surface area contributed by atoms with Crippen molar-refractivity contribution in [2.45, 2.75) is 33.1 Å². The number of nitrogens with zero attached hydrogens (tertiary/aromatic N) is 3. The molecular formula is C12H18N4O3. The molecule has 0 aromatic carbocycles. The Labute approximate surface area is 111 Å². The van der Waals surface area contributed by atoms with E-state index < -0.39 is 11.4 Å². The molecule has 1 aliphatic rings. The van der Waals surface area contributed by atoms with Crippen LogP contribution in [0, 0.1) is 5.41 Å². The molecule has 2 N–H and O–H groups in total. The molecule has 1 amide bonds. The average Bonchev–Trinajstić information content (AvgIpc) is 2.97. The number of hydrogen-bond donors (Lipinski definition) is 2. The van der Waals surface area contributed by atoms with Gasteiger partial charge in [-0.15, -0.1) is 5.10 Å². The van der Waals surface area contributed by atoms with Crippen LogP contribution in [0.15, 0.2) is 0 Å². The lowest BCUT2D eigenvalue weighted by Gasteiger charge is -2.18. The summed E-state index contributed by atoms with van der Waals surface area (Å²) >= 11 is 0. The molecule has 104 valence electrons. The number of aliphatic carboxylic acids is 1. The third kappa shape index (κ3) is 2.59. The van der Waals surface area contributed by atoms with Gasteiger partial charge in [0.2, 0.25) is 5.82 Å². The van der Waals surface area contributed by atoms with Crippen LogP contribution in [0.1, 0.15) is 43.1 Å². The fourth-order valence-electron chi connectivity index (χ4n) is 2.19. The van der Waals surface area contributed by atoms with Gasteiger partial charge in [-0.3, -0.25) is 14.7 Å². The lowest BCUT2D eigenvalue weighted by atomic mass is 9.90. The smallest absolute Gasteiger partial charge is 0.311 e. The topological polar surface area (TPSA) is 99.2 Å². The highest BCUT2D eigenvalue weighted by Crippen LogP contribution is 2.30. The average molecular weight is 266 g/mol. The highest BCUT2D eigenvalue weighted by Gasteiger charge is 2.42. The second-order valence-corrected chi connectivity index (χ2v) is 5.20. The maximum Gasteiger partial charge on any atom is 0.311 e. The molecule has 1 fully saturated rings. The van der Waals surface area contributed by atoms with Crippen molar-refractivity contribution in [2.75, 3.05) is 13.1 Å². The monoisotopic (exact) mass is 266 g/mol. The summed E-state index contributed by atoms with van der Waals surface area (Å²) in [5.74, 6) is -0.364. The zero-order valence-electron chi connectivity index (χ0n) is 11.1. The lowest BCUT2D eigenvalue weighted by Crippen LogP contribution is -2.35. The first-order valence-corrected chi connectivity index (χ1v) is 6.40. The molecular weight excluding hydrogens is 248 g/mol. The van der Waals surface area contributed by atoms with Crippen LogP contribution in [-0.4, -0.2) is 50.2 Å². The summed E-state index contributed by atoms with van der Waals surface area (Å²) in [5.41, 5.74) is -0.863. The number of aromatic amines is 1. The summed E-state index contributed by atoms with van der Waals surface area (Å²) in [6.07, 6.45) is 2.12. The largest absolute Gasteiger partial charge is 0.481 e. The number of likely N-dealkylation sites (tertiary alicyclic amines) is 1. The molecule has 1 unspecified atom stereocenters. The summed E-state index contributed by atoms with van der Waals surface area (Å²) in [7, 11) is 0. The van der Waals surface area contributed by atoms with E-state index in [9.17, 15) is 9.59 Å². The number of nitrogens with one attached hydrogen (secondary N) is 1. The van der Waals surface area contributed by atoms with Gasteiger partial charge in [0, 0.05) is 19.5 Å². The second kappa shape index (κ2) is 4.99. The Morgan fingerprint density at radius 2 is 2.26 bits per heavy atom. The number of amides is 1. The summed E-state index contributed by atoms with van der Waals surface area (Å²) < 4.78 is 0. The van der Waals surface area contributed by atoms with Crippen molar-refractivity contribution in [3.63, 3.8) is 0 Å². The molecule has 1 aromatic heterocycles. The van der Waals surface area contributed by atoms with Crippen molar-refractivity contribution in [3.05, 3.63) is 11.6 Å². The zero-order chi connectivity index (χ0) is 14.0. The molecule has 0 bridgehead atoms. The number of carboxylic acid groups (broad SMARTS) is 1. The predicted octanol–water partition coefficient (Wildman–Crippen LogP) is 0.694. The van der Waals surface area contributed by atoms with Crippen LogP contribution in [0.4, 0.5) is 0 Å². The number of carboxylic acids is 1. The van der Waals surface area contributed by atoms with Crippen molar-refractivity contribution in [2.24, 2.45) is 5.41 Å². The van der Waals surface area contributed by atoms with Crippen LogP contribution < -0.4 is 0 Å². The highest BCUT2D eigenvalue weighted by atomic mass is 16.4. The summed E-state index contributed by atoms with van der Waals surface area (Å²) in [6.45, 7) is 4.31. The number of carbonyl (C=O) groups excluding carboxylic acids is 1. The van der Waals surface area contributed by atoms with Gasteiger partial charge < -0.3 is 10.0 Å². The van der Waals surface area contributed by atoms with Crippen LogP contribution in [0.25, 0.3) is 0 Å². The van der Waals surface area contributed by atoms with E-state index >= 15 is 0 Å². The van der Waals surface area contributed by atoms with E-state index in [1.807, 2.05) is 6.92 Å². The van der Waals surface area contributed by atoms with Gasteiger partial charge >= 0.3 is 5.97 Å². The van der Waals surface area contributed by atoms with E-state index in [-0.39, 0.29) is 18.3 Å². The van der Waals surface area contributed by atoms with Crippen LogP contribution in [0.5, 0.6) is 0 Å². The normalized spacial score (nSPS) is 22.7. The molecule has 2 heterocycles. The Hall–Kier alpha value is -1.92. The molecule has 0 radical (unpaired) electrons. The predicted molar refractivity (Wildman–Crippen MR) is 66.6 cm³/mol. The van der Waals surface area contributed by atoms with Crippen molar-refractivity contribution in [1.29, 1.82) is 0 Å². The van der Waals surface area contributed by atoms with Gasteiger partial charge in [-0.25, -0.2) is 4.98 Å². The molecule has 1 saturated heterocycles. The fraction of sp³-hybridized carbons (Fsp3) is 0.667. The molecule has 2 rings (SSSR count). The number of carbonyl (C=O) groups is 2. The molecule has 1 aliphatic heterocycles. The van der Waals surface area contributed by atoms with E-state index in [0.717, 1.165) is 12.8 Å². The maximum atomic E-state index is 12.2. The number of aromatic nitrogens is 3.